The highest BCUT2D eigenvalue weighted by Crippen LogP contribution is 2.29. The number of nitrogens with zero attached hydrogens (tertiary/aromatic N) is 2. The predicted molar refractivity (Wildman–Crippen MR) is 83.3 cm³/mol. The average Bonchev–Trinajstić information content (AvgIpc) is 3.06. The van der Waals surface area contributed by atoms with Gasteiger partial charge in [-0.2, -0.15) is 0 Å². The summed E-state index contributed by atoms with van der Waals surface area (Å²) in [5, 5.41) is 1.94. The first-order valence-corrected chi connectivity index (χ1v) is 7.14. The quantitative estimate of drug-likeness (QED) is 0.753. The van der Waals surface area contributed by atoms with E-state index < -0.39 is 5.91 Å². The maximum Gasteiger partial charge on any atom is 0.241 e. The number of imidazole rings is 1. The Labute approximate surface area is 125 Å². The van der Waals surface area contributed by atoms with Gasteiger partial charge in [-0.05, 0) is 18.2 Å². The van der Waals surface area contributed by atoms with Gasteiger partial charge in [-0.3, -0.25) is 9.20 Å². The van der Waals surface area contributed by atoms with Gasteiger partial charge in [0.1, 0.15) is 5.75 Å². The molecular formula is C15H13N3O2S. The molecule has 6 heteroatoms. The average molecular weight is 299 g/mol. The summed E-state index contributed by atoms with van der Waals surface area (Å²) in [6, 6.07) is 7.65. The van der Waals surface area contributed by atoms with Gasteiger partial charge in [0.15, 0.2) is 4.96 Å². The number of rotatable bonds is 4. The summed E-state index contributed by atoms with van der Waals surface area (Å²) in [5.74, 6) is 0.269. The van der Waals surface area contributed by atoms with Crippen LogP contribution in [0.5, 0.6) is 5.75 Å². The molecule has 2 N–H and O–H groups in total. The first-order valence-electron chi connectivity index (χ1n) is 6.26. The molecule has 0 atom stereocenters. The molecule has 0 saturated heterocycles. The second-order valence-electron chi connectivity index (χ2n) is 4.37. The van der Waals surface area contributed by atoms with Crippen molar-refractivity contribution >= 4 is 28.3 Å². The summed E-state index contributed by atoms with van der Waals surface area (Å²) < 4.78 is 7.18. The smallest absolute Gasteiger partial charge is 0.241 e. The Balaban J connectivity index is 2.18. The molecule has 1 aromatic carbocycles. The van der Waals surface area contributed by atoms with Gasteiger partial charge < -0.3 is 10.5 Å². The van der Waals surface area contributed by atoms with Crippen LogP contribution in [0.25, 0.3) is 22.3 Å². The number of fused-ring (bicyclic) bond motifs is 1. The van der Waals surface area contributed by atoms with Crippen LogP contribution < -0.4 is 10.5 Å². The molecule has 2 aromatic heterocycles. The lowest BCUT2D eigenvalue weighted by atomic mass is 10.1. The van der Waals surface area contributed by atoms with Gasteiger partial charge in [-0.1, -0.05) is 12.1 Å². The second-order valence-corrected chi connectivity index (χ2v) is 5.24. The first-order chi connectivity index (χ1) is 10.2. The van der Waals surface area contributed by atoms with E-state index in [2.05, 4.69) is 4.98 Å². The van der Waals surface area contributed by atoms with Crippen molar-refractivity contribution in [2.75, 3.05) is 7.11 Å². The number of ether oxygens (including phenoxy) is 1. The lowest BCUT2D eigenvalue weighted by Crippen LogP contribution is -2.05. The molecular weight excluding hydrogens is 286 g/mol. The summed E-state index contributed by atoms with van der Waals surface area (Å²) in [7, 11) is 1.62. The molecule has 0 saturated carbocycles. The summed E-state index contributed by atoms with van der Waals surface area (Å²) >= 11 is 1.53. The minimum absolute atomic E-state index is 0.489. The zero-order valence-electron chi connectivity index (χ0n) is 11.3. The molecule has 1 amide bonds. The Bertz CT molecular complexity index is 832. The molecule has 0 unspecified atom stereocenters. The number of thiazole rings is 1. The Morgan fingerprint density at radius 3 is 3.10 bits per heavy atom. The number of methoxy groups -OCH3 is 1. The maximum absolute atomic E-state index is 11.0. The van der Waals surface area contributed by atoms with Crippen molar-refractivity contribution in [3.63, 3.8) is 0 Å². The third kappa shape index (κ3) is 2.53. The van der Waals surface area contributed by atoms with Crippen LogP contribution >= 0.6 is 11.3 Å². The monoisotopic (exact) mass is 299 g/mol. The van der Waals surface area contributed by atoms with E-state index in [0.29, 0.717) is 0 Å². The number of hydrogen-bond acceptors (Lipinski definition) is 4. The van der Waals surface area contributed by atoms with Gasteiger partial charge in [0.05, 0.1) is 18.5 Å². The lowest BCUT2D eigenvalue weighted by Gasteiger charge is -2.03. The van der Waals surface area contributed by atoms with Gasteiger partial charge >= 0.3 is 0 Å². The fraction of sp³-hybridized carbons (Fsp3) is 0.0667. The summed E-state index contributed by atoms with van der Waals surface area (Å²) in [4.78, 5) is 16.5. The highest BCUT2D eigenvalue weighted by atomic mass is 32.1. The third-order valence-corrected chi connectivity index (χ3v) is 3.80. The minimum Gasteiger partial charge on any atom is -0.497 e. The van der Waals surface area contributed by atoms with Crippen LogP contribution in [0, 0.1) is 0 Å². The second kappa shape index (κ2) is 5.41. The number of carbonyl (C=O) groups is 1. The lowest BCUT2D eigenvalue weighted by molar-refractivity contribution is -0.113. The van der Waals surface area contributed by atoms with Crippen molar-refractivity contribution in [1.29, 1.82) is 0 Å². The zero-order chi connectivity index (χ0) is 14.8. The van der Waals surface area contributed by atoms with Crippen molar-refractivity contribution in [2.24, 2.45) is 5.73 Å². The van der Waals surface area contributed by atoms with Crippen LogP contribution in [0.15, 0.2) is 41.9 Å². The number of aromatic nitrogens is 2. The van der Waals surface area contributed by atoms with Gasteiger partial charge in [0.2, 0.25) is 5.91 Å². The van der Waals surface area contributed by atoms with Crippen molar-refractivity contribution in [3.8, 4) is 17.0 Å². The molecule has 0 aliphatic rings. The third-order valence-electron chi connectivity index (χ3n) is 3.05. The number of carbonyl (C=O) groups excluding carboxylic acids is 1. The van der Waals surface area contributed by atoms with Crippen LogP contribution in [-0.2, 0) is 4.79 Å². The molecule has 2 heterocycles. The highest BCUT2D eigenvalue weighted by Gasteiger charge is 2.13. The van der Waals surface area contributed by atoms with Crippen molar-refractivity contribution in [1.82, 2.24) is 9.38 Å². The van der Waals surface area contributed by atoms with Crippen LogP contribution in [-0.4, -0.2) is 22.4 Å². The van der Waals surface area contributed by atoms with Gasteiger partial charge in [-0.15, -0.1) is 11.3 Å². The fourth-order valence-corrected chi connectivity index (χ4v) is 2.83. The van der Waals surface area contributed by atoms with Crippen LogP contribution in [0.4, 0.5) is 0 Å². The van der Waals surface area contributed by atoms with E-state index in [4.69, 9.17) is 10.5 Å². The zero-order valence-corrected chi connectivity index (χ0v) is 12.1. The Hall–Kier alpha value is -2.60. The topological polar surface area (TPSA) is 69.6 Å². The molecule has 3 rings (SSSR count). The molecule has 0 aliphatic carbocycles. The van der Waals surface area contributed by atoms with E-state index in [0.717, 1.165) is 27.7 Å². The van der Waals surface area contributed by atoms with Crippen molar-refractivity contribution in [3.05, 3.63) is 47.6 Å². The fourth-order valence-electron chi connectivity index (χ4n) is 2.11. The predicted octanol–water partition coefficient (Wildman–Crippen LogP) is 2.57. The standard InChI is InChI=1S/C15H13N3O2S/c1-20-11-4-2-3-10(9-11)14-12(5-6-13(16)19)18-7-8-21-15(18)17-14/h2-9H,1H3,(H2,16,19)/b6-5+. The number of nitrogens with two attached hydrogens (primary N) is 1. The number of benzene rings is 1. The van der Waals surface area contributed by atoms with E-state index in [1.165, 1.54) is 17.4 Å². The van der Waals surface area contributed by atoms with Gasteiger partial charge in [0, 0.05) is 23.2 Å². The van der Waals surface area contributed by atoms with Gasteiger partial charge in [-0.25, -0.2) is 4.98 Å². The number of amides is 1. The molecule has 0 fully saturated rings. The number of primary amides is 1. The van der Waals surface area contributed by atoms with Crippen LogP contribution in [0.1, 0.15) is 5.69 Å². The normalized spacial score (nSPS) is 11.3. The van der Waals surface area contributed by atoms with E-state index in [-0.39, 0.29) is 0 Å². The molecule has 5 nitrogen and oxygen atoms in total. The van der Waals surface area contributed by atoms with E-state index in [9.17, 15) is 4.79 Å². The van der Waals surface area contributed by atoms with Crippen molar-refractivity contribution < 1.29 is 9.53 Å². The first kappa shape index (κ1) is 13.4. The van der Waals surface area contributed by atoms with Crippen LogP contribution in [0.3, 0.4) is 0 Å². The largest absolute Gasteiger partial charge is 0.497 e. The Morgan fingerprint density at radius 2 is 2.33 bits per heavy atom. The molecule has 21 heavy (non-hydrogen) atoms. The highest BCUT2D eigenvalue weighted by molar-refractivity contribution is 7.15. The Morgan fingerprint density at radius 1 is 1.48 bits per heavy atom. The minimum atomic E-state index is -0.489. The molecule has 0 bridgehead atoms. The van der Waals surface area contributed by atoms with Gasteiger partial charge in [0.25, 0.3) is 0 Å². The number of hydrogen-bond donors (Lipinski definition) is 1. The van der Waals surface area contributed by atoms with E-state index >= 15 is 0 Å². The van der Waals surface area contributed by atoms with E-state index in [1.807, 2.05) is 40.2 Å². The SMILES string of the molecule is COc1cccc(-c2nc3sccn3c2/C=C/C(N)=O)c1. The molecule has 3 aromatic rings. The van der Waals surface area contributed by atoms with Crippen molar-refractivity contribution in [2.45, 2.75) is 0 Å². The van der Waals surface area contributed by atoms with Crippen LogP contribution in [0.2, 0.25) is 0 Å². The molecule has 0 aliphatic heterocycles. The molecule has 106 valence electrons. The Kier molecular flexibility index (Phi) is 3.45. The summed E-state index contributed by atoms with van der Waals surface area (Å²) in [6.07, 6.45) is 4.94. The maximum atomic E-state index is 11.0. The van der Waals surface area contributed by atoms with E-state index in [1.54, 1.807) is 13.2 Å². The molecule has 0 radical (unpaired) electrons. The molecule has 0 spiro atoms. The summed E-state index contributed by atoms with van der Waals surface area (Å²) in [5.41, 5.74) is 7.72. The summed E-state index contributed by atoms with van der Waals surface area (Å²) in [6.45, 7) is 0.